The Bertz CT molecular complexity index is 1260. The van der Waals surface area contributed by atoms with E-state index < -0.39 is 124 Å². The fourth-order valence-corrected chi connectivity index (χ4v) is 8.42. The van der Waals surface area contributed by atoms with E-state index in [4.69, 9.17) is 28.4 Å². The normalized spacial score (nSPS) is 34.2. The number of aliphatic hydroxyl groups is 11. The van der Waals surface area contributed by atoms with Gasteiger partial charge in [0.05, 0.1) is 38.6 Å². The molecule has 0 saturated carbocycles. The Morgan fingerprint density at radius 3 is 1.52 bits per heavy atom. The van der Waals surface area contributed by atoms with Crippen molar-refractivity contribution in [3.63, 3.8) is 0 Å². The van der Waals surface area contributed by atoms with E-state index in [0.29, 0.717) is 12.8 Å². The number of nitrogens with one attached hydrogen (secondary N) is 1. The molecule has 3 rings (SSSR count). The summed E-state index contributed by atoms with van der Waals surface area (Å²) in [5.41, 5.74) is 0. The SMILES string of the molecule is CCCCC/C=C\CCCCCCCC(=O)NC(COC1OC(CO)C(OC2OC(CO)C(OC3OC(CO)C(O)C(O)C3O)C(O)C2O)C(O)C1O)C(O)CCCCCCCCCC. The number of hydrogen-bond acceptors (Lipinski definition) is 18. The fraction of sp³-hybridized carbons (Fsp3) is 0.935. The van der Waals surface area contributed by atoms with Crippen molar-refractivity contribution in [3.8, 4) is 0 Å². The van der Waals surface area contributed by atoms with E-state index in [9.17, 15) is 61.0 Å². The highest BCUT2D eigenvalue weighted by atomic mass is 16.8. The molecule has 12 N–H and O–H groups in total. The van der Waals surface area contributed by atoms with Crippen molar-refractivity contribution in [2.45, 2.75) is 247 Å². The van der Waals surface area contributed by atoms with Crippen molar-refractivity contribution in [1.29, 1.82) is 0 Å². The Morgan fingerprint density at radius 1 is 0.538 bits per heavy atom. The van der Waals surface area contributed by atoms with Gasteiger partial charge in [-0.25, -0.2) is 0 Å². The third kappa shape index (κ3) is 19.1. The Morgan fingerprint density at radius 2 is 0.969 bits per heavy atom. The van der Waals surface area contributed by atoms with E-state index in [1.807, 2.05) is 0 Å². The summed E-state index contributed by atoms with van der Waals surface area (Å²) >= 11 is 0. The number of rotatable bonds is 33. The van der Waals surface area contributed by atoms with Crippen molar-refractivity contribution in [2.24, 2.45) is 0 Å². The van der Waals surface area contributed by atoms with Crippen LogP contribution in [0, 0.1) is 0 Å². The molecule has 382 valence electrons. The van der Waals surface area contributed by atoms with Gasteiger partial charge in [0.2, 0.25) is 5.91 Å². The van der Waals surface area contributed by atoms with Crippen molar-refractivity contribution in [2.75, 3.05) is 26.4 Å². The predicted octanol–water partition coefficient (Wildman–Crippen LogP) is 0.695. The quantitative estimate of drug-likeness (QED) is 0.0318. The number of allylic oxidation sites excluding steroid dienone is 2. The fourth-order valence-electron chi connectivity index (χ4n) is 8.42. The van der Waals surface area contributed by atoms with E-state index in [1.165, 1.54) is 44.9 Å². The van der Waals surface area contributed by atoms with E-state index in [-0.39, 0.29) is 18.9 Å². The van der Waals surface area contributed by atoms with Crippen LogP contribution in [0.15, 0.2) is 12.2 Å². The molecule has 0 aromatic carbocycles. The van der Waals surface area contributed by atoms with Crippen LogP contribution in [-0.2, 0) is 33.2 Å². The number of amides is 1. The third-order valence-corrected chi connectivity index (χ3v) is 12.6. The van der Waals surface area contributed by atoms with Crippen LogP contribution in [0.25, 0.3) is 0 Å². The van der Waals surface area contributed by atoms with Gasteiger partial charge >= 0.3 is 0 Å². The van der Waals surface area contributed by atoms with Gasteiger partial charge in [0.1, 0.15) is 73.2 Å². The number of carbonyl (C=O) groups excluding carboxylic acids is 1. The van der Waals surface area contributed by atoms with E-state index >= 15 is 0 Å². The first-order valence-electron chi connectivity index (χ1n) is 24.4. The van der Waals surface area contributed by atoms with Crippen LogP contribution in [0.5, 0.6) is 0 Å². The highest BCUT2D eigenvalue weighted by molar-refractivity contribution is 5.76. The van der Waals surface area contributed by atoms with Crippen LogP contribution < -0.4 is 5.32 Å². The van der Waals surface area contributed by atoms with Crippen molar-refractivity contribution >= 4 is 5.91 Å². The van der Waals surface area contributed by atoms with Gasteiger partial charge in [-0.3, -0.25) is 4.79 Å². The number of carbonyl (C=O) groups is 1. The van der Waals surface area contributed by atoms with Crippen molar-refractivity contribution < 1.29 is 89.4 Å². The number of hydrogen-bond donors (Lipinski definition) is 12. The van der Waals surface area contributed by atoms with Gasteiger partial charge in [-0.05, 0) is 38.5 Å². The van der Waals surface area contributed by atoms with Gasteiger partial charge in [-0.2, -0.15) is 0 Å². The molecule has 0 aliphatic carbocycles. The summed E-state index contributed by atoms with van der Waals surface area (Å²) in [6.07, 6.45) is -2.17. The molecule has 17 atom stereocenters. The monoisotopic (exact) mass is 940 g/mol. The Kier molecular flexibility index (Phi) is 28.8. The Labute approximate surface area is 385 Å². The number of unbranched alkanes of at least 4 members (excludes halogenated alkanes) is 15. The molecular formula is C46H85NO18. The maximum Gasteiger partial charge on any atom is 0.220 e. The van der Waals surface area contributed by atoms with Gasteiger partial charge in [0.25, 0.3) is 0 Å². The summed E-state index contributed by atoms with van der Waals surface area (Å²) in [6, 6.07) is -0.883. The molecule has 65 heavy (non-hydrogen) atoms. The standard InChI is InChI=1S/C46H85NO18/c1-3-5-7-9-11-13-14-15-16-18-20-22-24-34(52)47-29(30(51)23-21-19-17-12-10-8-6-4-2)28-60-44-40(58)37(55)42(32(26-49)62-44)65-46-41(59)38(56)43(33(27-50)63-46)64-45-39(57)36(54)35(53)31(25-48)61-45/h11,13,29-33,35-46,48-51,53-59H,3-10,12,14-28H2,1-2H3,(H,47,52)/b13-11-. The highest BCUT2D eigenvalue weighted by Crippen LogP contribution is 2.33. The van der Waals surface area contributed by atoms with Gasteiger partial charge in [-0.15, -0.1) is 0 Å². The third-order valence-electron chi connectivity index (χ3n) is 12.6. The van der Waals surface area contributed by atoms with Crippen LogP contribution in [0.2, 0.25) is 0 Å². The smallest absolute Gasteiger partial charge is 0.220 e. The largest absolute Gasteiger partial charge is 0.394 e. The first-order chi connectivity index (χ1) is 31.3. The van der Waals surface area contributed by atoms with E-state index in [2.05, 4.69) is 31.3 Å². The lowest BCUT2D eigenvalue weighted by molar-refractivity contribution is -0.379. The molecule has 0 aromatic heterocycles. The summed E-state index contributed by atoms with van der Waals surface area (Å²) in [4.78, 5) is 13.1. The first-order valence-corrected chi connectivity index (χ1v) is 24.4. The lowest BCUT2D eigenvalue weighted by Crippen LogP contribution is -2.66. The molecule has 19 nitrogen and oxygen atoms in total. The van der Waals surface area contributed by atoms with Crippen LogP contribution >= 0.6 is 0 Å². The molecule has 0 bridgehead atoms. The molecule has 3 saturated heterocycles. The number of aliphatic hydroxyl groups excluding tert-OH is 11. The Balaban J connectivity index is 1.57. The van der Waals surface area contributed by atoms with Gasteiger partial charge < -0.3 is 89.9 Å². The molecule has 1 amide bonds. The second-order valence-corrected chi connectivity index (χ2v) is 17.9. The predicted molar refractivity (Wildman–Crippen MR) is 236 cm³/mol. The molecule has 3 heterocycles. The van der Waals surface area contributed by atoms with Crippen LogP contribution in [-0.4, -0.2) is 193 Å². The van der Waals surface area contributed by atoms with Crippen LogP contribution in [0.3, 0.4) is 0 Å². The molecule has 19 heteroatoms. The van der Waals surface area contributed by atoms with Gasteiger partial charge in [0, 0.05) is 6.42 Å². The molecular weight excluding hydrogens is 854 g/mol. The van der Waals surface area contributed by atoms with Crippen molar-refractivity contribution in [1.82, 2.24) is 5.32 Å². The summed E-state index contributed by atoms with van der Waals surface area (Å²) in [7, 11) is 0. The lowest BCUT2D eigenvalue weighted by Gasteiger charge is -2.48. The summed E-state index contributed by atoms with van der Waals surface area (Å²) in [5.74, 6) is -0.259. The van der Waals surface area contributed by atoms with Crippen molar-refractivity contribution in [3.05, 3.63) is 12.2 Å². The molecule has 0 spiro atoms. The topological polar surface area (TPSA) is 307 Å². The zero-order valence-corrected chi connectivity index (χ0v) is 38.7. The van der Waals surface area contributed by atoms with Gasteiger partial charge in [0.15, 0.2) is 18.9 Å². The average molecular weight is 940 g/mol. The second-order valence-electron chi connectivity index (χ2n) is 17.9. The minimum absolute atomic E-state index is 0.257. The second kappa shape index (κ2) is 32.4. The zero-order chi connectivity index (χ0) is 47.7. The minimum Gasteiger partial charge on any atom is -0.394 e. The minimum atomic E-state index is -1.97. The lowest BCUT2D eigenvalue weighted by atomic mass is 9.96. The van der Waals surface area contributed by atoms with E-state index in [1.54, 1.807) is 0 Å². The molecule has 3 aliphatic heterocycles. The Hall–Kier alpha value is -1.47. The maximum absolute atomic E-state index is 13.1. The summed E-state index contributed by atoms with van der Waals surface area (Å²) in [5, 5.41) is 119. The van der Waals surface area contributed by atoms with E-state index in [0.717, 1.165) is 64.2 Å². The zero-order valence-electron chi connectivity index (χ0n) is 38.7. The molecule has 17 unspecified atom stereocenters. The maximum atomic E-state index is 13.1. The van der Waals surface area contributed by atoms with Crippen LogP contribution in [0.1, 0.15) is 142 Å². The molecule has 0 aromatic rings. The van der Waals surface area contributed by atoms with Crippen LogP contribution in [0.4, 0.5) is 0 Å². The highest BCUT2D eigenvalue weighted by Gasteiger charge is 2.53. The number of ether oxygens (including phenoxy) is 6. The first kappa shape index (κ1) is 57.8. The molecule has 3 aliphatic rings. The molecule has 0 radical (unpaired) electrons. The average Bonchev–Trinajstić information content (AvgIpc) is 3.30. The molecule has 3 fully saturated rings. The summed E-state index contributed by atoms with van der Waals surface area (Å²) < 4.78 is 34.0. The van der Waals surface area contributed by atoms with Gasteiger partial charge in [-0.1, -0.05) is 109 Å². The summed E-state index contributed by atoms with van der Waals surface area (Å²) in [6.45, 7) is 1.66.